The number of aromatic amines is 1. The summed E-state index contributed by atoms with van der Waals surface area (Å²) in [6.07, 6.45) is 3.45. The number of pyridine rings is 1. The molecule has 4 N–H and O–H groups in total. The zero-order valence-corrected chi connectivity index (χ0v) is 7.33. The van der Waals surface area contributed by atoms with Crippen LogP contribution in [0.15, 0.2) is 12.4 Å². The molecule has 0 radical (unpaired) electrons. The van der Waals surface area contributed by atoms with E-state index in [0.717, 1.165) is 23.0 Å². The number of nitrogen functional groups attached to an aromatic ring is 1. The molecular weight excluding hydrogens is 166 g/mol. The van der Waals surface area contributed by atoms with E-state index in [-0.39, 0.29) is 0 Å². The molecule has 0 aromatic carbocycles. The van der Waals surface area contributed by atoms with Crippen LogP contribution in [0.5, 0.6) is 0 Å². The summed E-state index contributed by atoms with van der Waals surface area (Å²) in [6.45, 7) is 0.756. The lowest BCUT2D eigenvalue weighted by atomic mass is 10.2. The summed E-state index contributed by atoms with van der Waals surface area (Å²) in [4.78, 5) is 4.08. The van der Waals surface area contributed by atoms with Crippen molar-refractivity contribution in [1.29, 1.82) is 0 Å². The number of aromatic nitrogens is 3. The Hall–Kier alpha value is -1.62. The molecule has 0 aliphatic heterocycles. The standard InChI is InChI=1S/C8H11N5/c1-10-2-5-3-11-8(9)6-4-12-13-7(5)6/h3-4,10H,2H2,1H3,(H2,9,11)(H,12,13). The quantitative estimate of drug-likeness (QED) is 0.614. The molecule has 0 saturated heterocycles. The third kappa shape index (κ3) is 1.23. The van der Waals surface area contributed by atoms with Gasteiger partial charge in [0.05, 0.1) is 17.1 Å². The number of fused-ring (bicyclic) bond motifs is 1. The molecule has 5 nitrogen and oxygen atoms in total. The van der Waals surface area contributed by atoms with E-state index in [2.05, 4.69) is 20.5 Å². The van der Waals surface area contributed by atoms with E-state index in [9.17, 15) is 0 Å². The molecule has 68 valence electrons. The fraction of sp³-hybridized carbons (Fsp3) is 0.250. The van der Waals surface area contributed by atoms with Gasteiger partial charge in [-0.05, 0) is 7.05 Å². The SMILES string of the molecule is CNCc1cnc(N)c2cn[nH]c12. The van der Waals surface area contributed by atoms with Gasteiger partial charge in [0.15, 0.2) is 0 Å². The Balaban J connectivity index is 2.64. The van der Waals surface area contributed by atoms with Gasteiger partial charge >= 0.3 is 0 Å². The lowest BCUT2D eigenvalue weighted by Crippen LogP contribution is -2.06. The number of nitrogens with zero attached hydrogens (tertiary/aromatic N) is 2. The minimum Gasteiger partial charge on any atom is -0.383 e. The maximum Gasteiger partial charge on any atom is 0.134 e. The van der Waals surface area contributed by atoms with Gasteiger partial charge < -0.3 is 11.1 Å². The van der Waals surface area contributed by atoms with Crippen LogP contribution in [0.25, 0.3) is 10.9 Å². The van der Waals surface area contributed by atoms with Gasteiger partial charge in [0.1, 0.15) is 5.82 Å². The molecule has 0 spiro atoms. The second kappa shape index (κ2) is 3.02. The first-order chi connectivity index (χ1) is 6.33. The van der Waals surface area contributed by atoms with Gasteiger partial charge in [0.25, 0.3) is 0 Å². The predicted octanol–water partition coefficient (Wildman–Crippen LogP) is 0.259. The van der Waals surface area contributed by atoms with Crippen LogP contribution < -0.4 is 11.1 Å². The highest BCUT2D eigenvalue weighted by atomic mass is 15.1. The van der Waals surface area contributed by atoms with Crippen molar-refractivity contribution in [3.05, 3.63) is 18.0 Å². The van der Waals surface area contributed by atoms with Crippen molar-refractivity contribution in [2.24, 2.45) is 0 Å². The molecule has 2 heterocycles. The molecule has 0 unspecified atom stereocenters. The number of anilines is 1. The molecule has 0 aliphatic carbocycles. The smallest absolute Gasteiger partial charge is 0.134 e. The van der Waals surface area contributed by atoms with Crippen molar-refractivity contribution in [3.63, 3.8) is 0 Å². The lowest BCUT2D eigenvalue weighted by molar-refractivity contribution is 0.817. The number of rotatable bonds is 2. The Bertz CT molecular complexity index is 419. The fourth-order valence-electron chi connectivity index (χ4n) is 1.33. The molecule has 0 atom stereocenters. The normalized spacial score (nSPS) is 10.8. The Morgan fingerprint density at radius 2 is 2.38 bits per heavy atom. The number of nitrogens with one attached hydrogen (secondary N) is 2. The summed E-state index contributed by atoms with van der Waals surface area (Å²) in [5.41, 5.74) is 7.71. The monoisotopic (exact) mass is 177 g/mol. The molecule has 0 amide bonds. The Morgan fingerprint density at radius 3 is 3.15 bits per heavy atom. The maximum atomic E-state index is 5.67. The second-order valence-corrected chi connectivity index (χ2v) is 2.86. The molecule has 2 rings (SSSR count). The molecule has 13 heavy (non-hydrogen) atoms. The van der Waals surface area contributed by atoms with E-state index in [0.29, 0.717) is 5.82 Å². The van der Waals surface area contributed by atoms with Crippen LogP contribution in [-0.2, 0) is 6.54 Å². The van der Waals surface area contributed by atoms with Crippen LogP contribution >= 0.6 is 0 Å². The van der Waals surface area contributed by atoms with E-state index < -0.39 is 0 Å². The zero-order valence-electron chi connectivity index (χ0n) is 7.33. The van der Waals surface area contributed by atoms with Crippen molar-refractivity contribution in [2.45, 2.75) is 6.54 Å². The Morgan fingerprint density at radius 1 is 1.54 bits per heavy atom. The number of nitrogens with two attached hydrogens (primary N) is 1. The molecule has 2 aromatic rings. The summed E-state index contributed by atoms with van der Waals surface area (Å²) in [7, 11) is 1.89. The van der Waals surface area contributed by atoms with Gasteiger partial charge in [0, 0.05) is 18.3 Å². The molecule has 2 aromatic heterocycles. The molecular formula is C8H11N5. The summed E-state index contributed by atoms with van der Waals surface area (Å²) in [5.74, 6) is 0.517. The van der Waals surface area contributed by atoms with Crippen LogP contribution in [0.4, 0.5) is 5.82 Å². The first kappa shape index (κ1) is 8.00. The highest BCUT2D eigenvalue weighted by Gasteiger charge is 2.05. The van der Waals surface area contributed by atoms with Crippen molar-refractivity contribution < 1.29 is 0 Å². The topological polar surface area (TPSA) is 79.6 Å². The number of H-pyrrole nitrogens is 1. The summed E-state index contributed by atoms with van der Waals surface area (Å²) >= 11 is 0. The molecule has 0 fully saturated rings. The van der Waals surface area contributed by atoms with Crippen LogP contribution in [0.1, 0.15) is 5.56 Å². The van der Waals surface area contributed by atoms with E-state index in [1.807, 2.05) is 7.05 Å². The molecule has 5 heteroatoms. The average molecular weight is 177 g/mol. The van der Waals surface area contributed by atoms with Gasteiger partial charge in [-0.15, -0.1) is 0 Å². The third-order valence-electron chi connectivity index (χ3n) is 1.96. The molecule has 0 saturated carbocycles. The summed E-state index contributed by atoms with van der Waals surface area (Å²) in [6, 6.07) is 0. The van der Waals surface area contributed by atoms with Gasteiger partial charge in [-0.3, -0.25) is 5.10 Å². The highest BCUT2D eigenvalue weighted by molar-refractivity contribution is 5.89. The Kier molecular flexibility index (Phi) is 1.86. The van der Waals surface area contributed by atoms with E-state index in [1.54, 1.807) is 12.4 Å². The summed E-state index contributed by atoms with van der Waals surface area (Å²) in [5, 5.41) is 10.8. The van der Waals surface area contributed by atoms with Crippen LogP contribution in [0.3, 0.4) is 0 Å². The van der Waals surface area contributed by atoms with Crippen LogP contribution in [-0.4, -0.2) is 22.2 Å². The molecule has 0 aliphatic rings. The highest BCUT2D eigenvalue weighted by Crippen LogP contribution is 2.19. The zero-order chi connectivity index (χ0) is 9.26. The lowest BCUT2D eigenvalue weighted by Gasteiger charge is -2.02. The predicted molar refractivity (Wildman–Crippen MR) is 51.1 cm³/mol. The first-order valence-electron chi connectivity index (χ1n) is 4.04. The van der Waals surface area contributed by atoms with Crippen molar-refractivity contribution >= 4 is 16.7 Å². The first-order valence-corrected chi connectivity index (χ1v) is 4.04. The van der Waals surface area contributed by atoms with Crippen molar-refractivity contribution in [3.8, 4) is 0 Å². The van der Waals surface area contributed by atoms with Gasteiger partial charge in [-0.25, -0.2) is 4.98 Å². The van der Waals surface area contributed by atoms with E-state index in [4.69, 9.17) is 5.73 Å². The van der Waals surface area contributed by atoms with Crippen molar-refractivity contribution in [2.75, 3.05) is 12.8 Å². The minimum atomic E-state index is 0.517. The van der Waals surface area contributed by atoms with E-state index >= 15 is 0 Å². The van der Waals surface area contributed by atoms with Crippen LogP contribution in [0, 0.1) is 0 Å². The molecule has 0 bridgehead atoms. The van der Waals surface area contributed by atoms with E-state index in [1.165, 1.54) is 0 Å². The van der Waals surface area contributed by atoms with Gasteiger partial charge in [-0.2, -0.15) is 5.10 Å². The largest absolute Gasteiger partial charge is 0.383 e. The summed E-state index contributed by atoms with van der Waals surface area (Å²) < 4.78 is 0. The van der Waals surface area contributed by atoms with Crippen LogP contribution in [0.2, 0.25) is 0 Å². The van der Waals surface area contributed by atoms with Gasteiger partial charge in [-0.1, -0.05) is 0 Å². The maximum absolute atomic E-state index is 5.67. The van der Waals surface area contributed by atoms with Crippen molar-refractivity contribution in [1.82, 2.24) is 20.5 Å². The average Bonchev–Trinajstić information content (AvgIpc) is 2.59. The second-order valence-electron chi connectivity index (χ2n) is 2.86. The number of hydrogen-bond donors (Lipinski definition) is 3. The number of hydrogen-bond acceptors (Lipinski definition) is 4. The minimum absolute atomic E-state index is 0.517. The Labute approximate surface area is 75.3 Å². The third-order valence-corrected chi connectivity index (χ3v) is 1.96. The van der Waals surface area contributed by atoms with Gasteiger partial charge in [0.2, 0.25) is 0 Å². The fourth-order valence-corrected chi connectivity index (χ4v) is 1.33.